The van der Waals surface area contributed by atoms with Crippen LogP contribution in [-0.4, -0.2) is 56.6 Å². The number of aryl methyl sites for hydroxylation is 1. The minimum Gasteiger partial charge on any atom is -0.454 e. The molecule has 2 aliphatic carbocycles. The van der Waals surface area contributed by atoms with Crippen LogP contribution in [-0.2, 0) is 23.9 Å². The molecule has 6 atom stereocenters. The average molecular weight is 519 g/mol. The number of rotatable bonds is 5. The number of fused-ring (bicyclic) bond motifs is 5. The number of amides is 3. The summed E-state index contributed by atoms with van der Waals surface area (Å²) in [5, 5.41) is 6.01. The second-order valence-corrected chi connectivity index (χ2v) is 9.41. The number of likely N-dealkylation sites (tertiary alicyclic amines) is 1. The first-order chi connectivity index (χ1) is 13.3. The van der Waals surface area contributed by atoms with Crippen molar-refractivity contribution in [1.29, 1.82) is 0 Å². The zero-order valence-corrected chi connectivity index (χ0v) is 17.9. The molecular weight excluding hydrogens is 502 g/mol. The summed E-state index contributed by atoms with van der Waals surface area (Å²) in [5.41, 5.74) is 0. The number of nitrogens with one attached hydrogen (secondary N) is 1. The van der Waals surface area contributed by atoms with E-state index in [1.807, 2.05) is 0 Å². The molecule has 0 radical (unpaired) electrons. The van der Waals surface area contributed by atoms with Crippen molar-refractivity contribution in [2.24, 2.45) is 23.7 Å². The number of anilines is 1. The Morgan fingerprint density at radius 1 is 1.25 bits per heavy atom. The summed E-state index contributed by atoms with van der Waals surface area (Å²) in [6, 6.07) is 1.52. The highest BCUT2D eigenvalue weighted by molar-refractivity contribution is 9.12. The van der Waals surface area contributed by atoms with Crippen LogP contribution in [0.15, 0.2) is 10.6 Å². The monoisotopic (exact) mass is 517 g/mol. The molecule has 4 rings (SSSR count). The first kappa shape index (κ1) is 19.6. The third kappa shape index (κ3) is 3.18. The molecule has 0 aromatic carbocycles. The molecule has 3 amide bonds. The molecule has 1 N–H and O–H groups in total. The summed E-state index contributed by atoms with van der Waals surface area (Å²) in [6.45, 7) is 0.635. The summed E-state index contributed by atoms with van der Waals surface area (Å²) in [7, 11) is 0. The lowest BCUT2D eigenvalue weighted by atomic mass is 9.81. The number of hydrogen-bond donors (Lipinski definition) is 1. The van der Waals surface area contributed by atoms with Crippen LogP contribution in [0.4, 0.5) is 5.82 Å². The Hall–Kier alpha value is -1.75. The number of carbonyl (C=O) groups is 4. The van der Waals surface area contributed by atoms with Gasteiger partial charge < -0.3 is 14.6 Å². The number of halogens is 2. The van der Waals surface area contributed by atoms with Gasteiger partial charge in [-0.3, -0.25) is 24.1 Å². The van der Waals surface area contributed by atoms with Gasteiger partial charge in [0.25, 0.3) is 5.91 Å². The van der Waals surface area contributed by atoms with Gasteiger partial charge in [-0.2, -0.15) is 0 Å². The summed E-state index contributed by atoms with van der Waals surface area (Å²) < 4.78 is 9.72. The van der Waals surface area contributed by atoms with Crippen molar-refractivity contribution in [2.45, 2.75) is 23.0 Å². The van der Waals surface area contributed by atoms with Gasteiger partial charge in [-0.05, 0) is 25.2 Å². The van der Waals surface area contributed by atoms with Crippen molar-refractivity contribution < 1.29 is 28.4 Å². The summed E-state index contributed by atoms with van der Waals surface area (Å²) in [5.74, 6) is -1.95. The molecule has 3 fully saturated rings. The van der Waals surface area contributed by atoms with E-state index < -0.39 is 25.0 Å². The minimum absolute atomic E-state index is 0.0774. The van der Waals surface area contributed by atoms with E-state index in [9.17, 15) is 19.2 Å². The highest BCUT2D eigenvalue weighted by Crippen LogP contribution is 2.60. The Morgan fingerprint density at radius 3 is 2.39 bits per heavy atom. The number of aromatic nitrogens is 1. The molecule has 28 heavy (non-hydrogen) atoms. The van der Waals surface area contributed by atoms with Crippen LogP contribution in [0.3, 0.4) is 0 Å². The van der Waals surface area contributed by atoms with Crippen molar-refractivity contribution >= 4 is 61.4 Å². The second kappa shape index (κ2) is 7.25. The maximum Gasteiger partial charge on any atom is 0.326 e. The summed E-state index contributed by atoms with van der Waals surface area (Å²) >= 11 is 7.22. The number of carbonyl (C=O) groups excluding carboxylic acids is 4. The summed E-state index contributed by atoms with van der Waals surface area (Å²) in [4.78, 5) is 50.5. The smallest absolute Gasteiger partial charge is 0.326 e. The number of alkyl halides is 2. The number of nitrogens with zero attached hydrogens (tertiary/aromatic N) is 2. The maximum atomic E-state index is 12.7. The van der Waals surface area contributed by atoms with E-state index in [4.69, 9.17) is 9.26 Å². The van der Waals surface area contributed by atoms with Gasteiger partial charge >= 0.3 is 5.97 Å². The SMILES string of the molecule is Cc1cc(NC(=O)COC(=O)CN2C(=O)[C@@H]3[C@H]4C[C@@H]([C@H](Br)[C@@H]4Br)[C@@H]3C2=O)no1. The van der Waals surface area contributed by atoms with Crippen LogP contribution >= 0.6 is 31.9 Å². The van der Waals surface area contributed by atoms with E-state index in [0.29, 0.717) is 5.76 Å². The molecule has 3 aliphatic rings. The Labute approximate surface area is 176 Å². The van der Waals surface area contributed by atoms with Crippen molar-refractivity contribution in [3.8, 4) is 0 Å². The van der Waals surface area contributed by atoms with Crippen LogP contribution in [0.5, 0.6) is 0 Å². The molecule has 150 valence electrons. The van der Waals surface area contributed by atoms with E-state index >= 15 is 0 Å². The molecule has 1 aliphatic heterocycles. The van der Waals surface area contributed by atoms with Gasteiger partial charge in [-0.25, -0.2) is 0 Å². The molecule has 1 aromatic rings. The third-order valence-electron chi connectivity index (χ3n) is 5.63. The molecule has 1 saturated heterocycles. The molecule has 0 unspecified atom stereocenters. The zero-order valence-electron chi connectivity index (χ0n) is 14.8. The normalized spacial score (nSPS) is 33.3. The largest absolute Gasteiger partial charge is 0.454 e. The summed E-state index contributed by atoms with van der Waals surface area (Å²) in [6.07, 6.45) is 0.818. The predicted molar refractivity (Wildman–Crippen MR) is 102 cm³/mol. The molecular formula is C17H17Br2N3O6. The van der Waals surface area contributed by atoms with Gasteiger partial charge in [0.05, 0.1) is 11.8 Å². The molecule has 0 spiro atoms. The van der Waals surface area contributed by atoms with Crippen molar-refractivity contribution in [3.63, 3.8) is 0 Å². The predicted octanol–water partition coefficient (Wildman–Crippen LogP) is 1.24. The Kier molecular flexibility index (Phi) is 5.07. The van der Waals surface area contributed by atoms with Crippen LogP contribution < -0.4 is 5.32 Å². The van der Waals surface area contributed by atoms with E-state index in [0.717, 1.165) is 11.3 Å². The zero-order chi connectivity index (χ0) is 20.2. The number of esters is 1. The lowest BCUT2D eigenvalue weighted by Gasteiger charge is -2.28. The minimum atomic E-state index is -0.814. The first-order valence-corrected chi connectivity index (χ1v) is 10.6. The van der Waals surface area contributed by atoms with Crippen molar-refractivity contribution in [1.82, 2.24) is 10.1 Å². The van der Waals surface area contributed by atoms with Gasteiger partial charge in [0.1, 0.15) is 12.3 Å². The molecule has 2 saturated carbocycles. The molecule has 11 heteroatoms. The fourth-order valence-corrected chi connectivity index (χ4v) is 6.36. The first-order valence-electron chi connectivity index (χ1n) is 8.80. The van der Waals surface area contributed by atoms with Gasteiger partial charge in [-0.15, -0.1) is 0 Å². The topological polar surface area (TPSA) is 119 Å². The van der Waals surface area contributed by atoms with Crippen LogP contribution in [0, 0.1) is 30.6 Å². The van der Waals surface area contributed by atoms with E-state index in [1.165, 1.54) is 6.07 Å². The Balaban J connectivity index is 1.32. The average Bonchev–Trinajstić information content (AvgIpc) is 3.36. The highest BCUT2D eigenvalue weighted by atomic mass is 79.9. The molecule has 9 nitrogen and oxygen atoms in total. The van der Waals surface area contributed by atoms with Crippen LogP contribution in [0.25, 0.3) is 0 Å². The fourth-order valence-electron chi connectivity index (χ4n) is 4.49. The molecule has 2 heterocycles. The van der Waals surface area contributed by atoms with Gasteiger partial charge in [-0.1, -0.05) is 37.0 Å². The molecule has 2 bridgehead atoms. The Morgan fingerprint density at radius 2 is 1.86 bits per heavy atom. The van der Waals surface area contributed by atoms with Gasteiger partial charge in [0.2, 0.25) is 11.8 Å². The fraction of sp³-hybridized carbons (Fsp3) is 0.588. The number of imide groups is 1. The highest BCUT2D eigenvalue weighted by Gasteiger charge is 2.66. The molecule has 1 aromatic heterocycles. The lowest BCUT2D eigenvalue weighted by Crippen LogP contribution is -2.38. The quantitative estimate of drug-likeness (QED) is 0.354. The number of hydrogen-bond acceptors (Lipinski definition) is 7. The Bertz CT molecular complexity index is 826. The standard InChI is InChI=1S/C17H17Br2N3O6/c1-6-2-9(21-28-6)20-10(23)5-27-11(24)4-22-16(25)12-7-3-8(13(12)17(22)26)15(19)14(7)18/h2,7-8,12-15H,3-5H2,1H3,(H,20,21,23)/t7-,8-,12-,13+,14-,15+/m1/s1. The van der Waals surface area contributed by atoms with Gasteiger partial charge in [0.15, 0.2) is 12.4 Å². The van der Waals surface area contributed by atoms with Crippen LogP contribution in [0.1, 0.15) is 12.2 Å². The van der Waals surface area contributed by atoms with Crippen LogP contribution in [0.2, 0.25) is 0 Å². The lowest BCUT2D eigenvalue weighted by molar-refractivity contribution is -0.154. The van der Waals surface area contributed by atoms with Crippen molar-refractivity contribution in [3.05, 3.63) is 11.8 Å². The second-order valence-electron chi connectivity index (χ2n) is 7.30. The third-order valence-corrected chi connectivity index (χ3v) is 8.83. The van der Waals surface area contributed by atoms with Crippen molar-refractivity contribution in [2.75, 3.05) is 18.5 Å². The van der Waals surface area contributed by atoms with E-state index in [-0.39, 0.29) is 51.0 Å². The van der Waals surface area contributed by atoms with E-state index in [1.54, 1.807) is 6.92 Å². The number of ether oxygens (including phenoxy) is 1. The van der Waals surface area contributed by atoms with E-state index in [2.05, 4.69) is 42.3 Å². The van der Waals surface area contributed by atoms with Gasteiger partial charge in [0, 0.05) is 15.7 Å². The maximum absolute atomic E-state index is 12.7.